The maximum Gasteiger partial charge on any atom is 0.438 e. The number of carbonyl (C=O) groups excluding carboxylic acids is 1. The summed E-state index contributed by atoms with van der Waals surface area (Å²) in [6, 6.07) is 2.55. The molecule has 22 heavy (non-hydrogen) atoms. The molecule has 0 aromatic carbocycles. The SMILES string of the molecule is CC(C)CC1=NN(C(=O)c2ccncc2)[C@](O)(C(F)(F)F)C1. The van der Waals surface area contributed by atoms with Gasteiger partial charge in [0.15, 0.2) is 0 Å². The quantitative estimate of drug-likeness (QED) is 0.932. The Morgan fingerprint density at radius 3 is 2.50 bits per heavy atom. The van der Waals surface area contributed by atoms with Crippen LogP contribution >= 0.6 is 0 Å². The number of rotatable bonds is 3. The van der Waals surface area contributed by atoms with Crippen molar-refractivity contribution in [1.82, 2.24) is 9.99 Å². The van der Waals surface area contributed by atoms with Gasteiger partial charge < -0.3 is 5.11 Å². The number of hydrogen-bond donors (Lipinski definition) is 1. The Labute approximate surface area is 125 Å². The van der Waals surface area contributed by atoms with Gasteiger partial charge in [0.05, 0.1) is 0 Å². The van der Waals surface area contributed by atoms with Gasteiger partial charge in [0, 0.05) is 30.1 Å². The van der Waals surface area contributed by atoms with Crippen molar-refractivity contribution in [3.8, 4) is 0 Å². The standard InChI is InChI=1S/C14H16F3N3O2/c1-9(2)7-11-8-13(22,14(15,16)17)20(19-11)12(21)10-3-5-18-6-4-10/h3-6,9,22H,7-8H2,1-2H3/t13-/m1/s1. The summed E-state index contributed by atoms with van der Waals surface area (Å²) >= 11 is 0. The van der Waals surface area contributed by atoms with E-state index >= 15 is 0 Å². The van der Waals surface area contributed by atoms with E-state index in [9.17, 15) is 23.1 Å². The zero-order valence-electron chi connectivity index (χ0n) is 12.1. The number of pyridine rings is 1. The molecule has 0 spiro atoms. The third-order valence-electron chi connectivity index (χ3n) is 3.26. The van der Waals surface area contributed by atoms with Crippen LogP contribution in [0.3, 0.4) is 0 Å². The van der Waals surface area contributed by atoms with Gasteiger partial charge in [0.25, 0.3) is 11.6 Å². The van der Waals surface area contributed by atoms with Crippen molar-refractivity contribution in [3.05, 3.63) is 30.1 Å². The predicted molar refractivity (Wildman–Crippen MR) is 72.9 cm³/mol. The number of hydrazone groups is 1. The highest BCUT2D eigenvalue weighted by Crippen LogP contribution is 2.41. The number of carbonyl (C=O) groups is 1. The molecule has 1 aliphatic rings. The molecule has 1 aromatic heterocycles. The molecule has 1 atom stereocenters. The van der Waals surface area contributed by atoms with Gasteiger partial charge in [-0.25, -0.2) is 0 Å². The van der Waals surface area contributed by atoms with Gasteiger partial charge in [-0.1, -0.05) is 13.8 Å². The van der Waals surface area contributed by atoms with Crippen LogP contribution in [0.2, 0.25) is 0 Å². The number of aromatic nitrogens is 1. The maximum absolute atomic E-state index is 13.3. The second kappa shape index (κ2) is 5.68. The summed E-state index contributed by atoms with van der Waals surface area (Å²) in [6.45, 7) is 3.64. The number of hydrogen-bond acceptors (Lipinski definition) is 4. The fourth-order valence-corrected chi connectivity index (χ4v) is 2.25. The van der Waals surface area contributed by atoms with E-state index in [1.165, 1.54) is 24.5 Å². The molecule has 5 nitrogen and oxygen atoms in total. The molecule has 0 saturated heterocycles. The Kier molecular flexibility index (Phi) is 4.23. The lowest BCUT2D eigenvalue weighted by Crippen LogP contribution is -2.56. The van der Waals surface area contributed by atoms with E-state index in [1.54, 1.807) is 0 Å². The lowest BCUT2D eigenvalue weighted by Gasteiger charge is -2.32. The van der Waals surface area contributed by atoms with Gasteiger partial charge >= 0.3 is 6.18 Å². The molecule has 0 radical (unpaired) electrons. The summed E-state index contributed by atoms with van der Waals surface area (Å²) in [5.74, 6) is -0.951. The summed E-state index contributed by atoms with van der Waals surface area (Å²) < 4.78 is 39.8. The Balaban J connectivity index is 2.39. The first-order valence-electron chi connectivity index (χ1n) is 6.75. The van der Waals surface area contributed by atoms with E-state index in [4.69, 9.17) is 0 Å². The molecule has 1 aromatic rings. The minimum absolute atomic E-state index is 0.0211. The van der Waals surface area contributed by atoms with Crippen LogP contribution in [0.4, 0.5) is 13.2 Å². The molecule has 0 bridgehead atoms. The number of aliphatic hydroxyl groups is 1. The van der Waals surface area contributed by atoms with Crippen molar-refractivity contribution < 1.29 is 23.1 Å². The minimum atomic E-state index is -5.00. The molecule has 0 aliphatic carbocycles. The second-order valence-corrected chi connectivity index (χ2v) is 5.61. The Morgan fingerprint density at radius 2 is 2.00 bits per heavy atom. The molecular weight excluding hydrogens is 299 g/mol. The monoisotopic (exact) mass is 315 g/mol. The first kappa shape index (κ1) is 16.4. The predicted octanol–water partition coefficient (Wildman–Crippen LogP) is 2.58. The smallest absolute Gasteiger partial charge is 0.362 e. The van der Waals surface area contributed by atoms with Crippen LogP contribution in [0.25, 0.3) is 0 Å². The lowest BCUT2D eigenvalue weighted by molar-refractivity contribution is -0.297. The lowest BCUT2D eigenvalue weighted by atomic mass is 9.99. The number of halogens is 3. The Bertz CT molecular complexity index is 587. The van der Waals surface area contributed by atoms with Crippen molar-refractivity contribution in [2.24, 2.45) is 11.0 Å². The molecule has 0 fully saturated rings. The Hall–Kier alpha value is -1.96. The number of amides is 1. The van der Waals surface area contributed by atoms with E-state index in [-0.39, 0.29) is 28.6 Å². The molecule has 1 aliphatic heterocycles. The zero-order valence-corrected chi connectivity index (χ0v) is 12.1. The van der Waals surface area contributed by atoms with Crippen LogP contribution < -0.4 is 0 Å². The average Bonchev–Trinajstić information content (AvgIpc) is 2.76. The molecule has 2 rings (SSSR count). The fourth-order valence-electron chi connectivity index (χ4n) is 2.25. The molecule has 120 valence electrons. The highest BCUT2D eigenvalue weighted by molar-refractivity contribution is 5.98. The van der Waals surface area contributed by atoms with Crippen LogP contribution in [0, 0.1) is 5.92 Å². The third-order valence-corrected chi connectivity index (χ3v) is 3.26. The first-order chi connectivity index (χ1) is 10.1. The molecule has 0 saturated carbocycles. The van der Waals surface area contributed by atoms with Crippen LogP contribution in [0.15, 0.2) is 29.6 Å². The van der Waals surface area contributed by atoms with Gasteiger partial charge in [0.2, 0.25) is 0 Å². The topological polar surface area (TPSA) is 65.8 Å². The van der Waals surface area contributed by atoms with Crippen LogP contribution in [0.1, 0.15) is 37.0 Å². The van der Waals surface area contributed by atoms with Gasteiger partial charge in [0.1, 0.15) is 0 Å². The van der Waals surface area contributed by atoms with Crippen molar-refractivity contribution in [2.45, 2.75) is 38.6 Å². The number of nitrogens with zero attached hydrogens (tertiary/aromatic N) is 3. The van der Waals surface area contributed by atoms with Gasteiger partial charge in [-0.2, -0.15) is 23.3 Å². The largest absolute Gasteiger partial charge is 0.438 e. The molecule has 0 unspecified atom stereocenters. The summed E-state index contributed by atoms with van der Waals surface area (Å²) in [5, 5.41) is 13.9. The average molecular weight is 315 g/mol. The molecule has 2 heterocycles. The van der Waals surface area contributed by atoms with Crippen molar-refractivity contribution in [2.75, 3.05) is 0 Å². The van der Waals surface area contributed by atoms with Crippen LogP contribution in [-0.4, -0.2) is 38.6 Å². The first-order valence-corrected chi connectivity index (χ1v) is 6.75. The van der Waals surface area contributed by atoms with E-state index in [1.807, 2.05) is 13.8 Å². The molecular formula is C14H16F3N3O2. The van der Waals surface area contributed by atoms with Crippen LogP contribution in [-0.2, 0) is 0 Å². The summed E-state index contributed by atoms with van der Waals surface area (Å²) in [6.07, 6.45) is -2.88. The minimum Gasteiger partial charge on any atom is -0.362 e. The molecule has 1 amide bonds. The van der Waals surface area contributed by atoms with Gasteiger partial charge in [-0.05, 0) is 24.5 Å². The highest BCUT2D eigenvalue weighted by Gasteiger charge is 2.63. The van der Waals surface area contributed by atoms with Crippen molar-refractivity contribution in [1.29, 1.82) is 0 Å². The fraction of sp³-hybridized carbons (Fsp3) is 0.500. The second-order valence-electron chi connectivity index (χ2n) is 5.61. The number of alkyl halides is 3. The zero-order chi connectivity index (χ0) is 16.5. The normalized spacial score (nSPS) is 22.1. The van der Waals surface area contributed by atoms with Gasteiger partial charge in [-0.3, -0.25) is 9.78 Å². The van der Waals surface area contributed by atoms with E-state index in [2.05, 4.69) is 10.1 Å². The Morgan fingerprint density at radius 1 is 1.41 bits per heavy atom. The van der Waals surface area contributed by atoms with E-state index in [0.717, 1.165) is 0 Å². The summed E-state index contributed by atoms with van der Waals surface area (Å²) in [5.41, 5.74) is -3.18. The molecule has 1 N–H and O–H groups in total. The molecule has 8 heteroatoms. The van der Waals surface area contributed by atoms with Crippen LogP contribution in [0.5, 0.6) is 0 Å². The van der Waals surface area contributed by atoms with Crippen molar-refractivity contribution in [3.63, 3.8) is 0 Å². The maximum atomic E-state index is 13.3. The van der Waals surface area contributed by atoms with Crippen molar-refractivity contribution >= 4 is 11.6 Å². The van der Waals surface area contributed by atoms with E-state index in [0.29, 0.717) is 0 Å². The van der Waals surface area contributed by atoms with E-state index < -0.39 is 24.2 Å². The third kappa shape index (κ3) is 2.96. The highest BCUT2D eigenvalue weighted by atomic mass is 19.4. The van der Waals surface area contributed by atoms with Gasteiger partial charge in [-0.15, -0.1) is 0 Å². The summed E-state index contributed by atoms with van der Waals surface area (Å²) in [4.78, 5) is 16.0. The summed E-state index contributed by atoms with van der Waals surface area (Å²) in [7, 11) is 0.